The van der Waals surface area contributed by atoms with E-state index in [0.717, 1.165) is 31.9 Å². The minimum Gasteiger partial charge on any atom is -0.494 e. The first-order valence-corrected chi connectivity index (χ1v) is 10.5. The molecule has 0 unspecified atom stereocenters. The Labute approximate surface area is 191 Å². The smallest absolute Gasteiger partial charge is 0.252 e. The quantitative estimate of drug-likeness (QED) is 0.503. The van der Waals surface area contributed by atoms with Crippen molar-refractivity contribution in [2.24, 2.45) is 5.73 Å². The van der Waals surface area contributed by atoms with Gasteiger partial charge >= 0.3 is 0 Å². The summed E-state index contributed by atoms with van der Waals surface area (Å²) in [4.78, 5) is 25.2. The highest BCUT2D eigenvalue weighted by Gasteiger charge is 2.17. The number of carbonyl (C=O) groups excluding carboxylic acids is 1. The minimum atomic E-state index is -0.693. The van der Waals surface area contributed by atoms with Crippen LogP contribution in [-0.4, -0.2) is 61.1 Å². The largest absolute Gasteiger partial charge is 0.494 e. The molecule has 2 aromatic heterocycles. The monoisotopic (exact) mass is 451 g/mol. The van der Waals surface area contributed by atoms with Crippen LogP contribution in [0.3, 0.4) is 0 Å². The molecule has 9 nitrogen and oxygen atoms in total. The van der Waals surface area contributed by atoms with Crippen LogP contribution in [0.5, 0.6) is 5.75 Å². The van der Waals surface area contributed by atoms with Crippen LogP contribution in [0.15, 0.2) is 48.8 Å². The number of pyridine rings is 2. The number of nitrogens with two attached hydrogens (primary N) is 1. The second kappa shape index (κ2) is 9.70. The summed E-state index contributed by atoms with van der Waals surface area (Å²) >= 11 is 0. The SMILES string of the molecule is COc1cccc(F)c1Nc1cc(Nc2ccc(N3CCN(C)CC3)cn2)ncc1C(N)=O. The van der Waals surface area contributed by atoms with Crippen LogP contribution in [0.25, 0.3) is 0 Å². The van der Waals surface area contributed by atoms with E-state index in [0.29, 0.717) is 11.6 Å². The summed E-state index contributed by atoms with van der Waals surface area (Å²) in [7, 11) is 3.55. The molecule has 0 atom stereocenters. The number of ether oxygens (including phenoxy) is 1. The van der Waals surface area contributed by atoms with Crippen molar-refractivity contribution < 1.29 is 13.9 Å². The van der Waals surface area contributed by atoms with Crippen LogP contribution in [-0.2, 0) is 0 Å². The van der Waals surface area contributed by atoms with Gasteiger partial charge in [-0.25, -0.2) is 14.4 Å². The van der Waals surface area contributed by atoms with E-state index in [1.165, 1.54) is 25.4 Å². The lowest BCUT2D eigenvalue weighted by Gasteiger charge is -2.33. The van der Waals surface area contributed by atoms with Gasteiger partial charge in [0.1, 0.15) is 28.9 Å². The van der Waals surface area contributed by atoms with Gasteiger partial charge in [0.15, 0.2) is 0 Å². The van der Waals surface area contributed by atoms with Crippen LogP contribution in [0.1, 0.15) is 10.4 Å². The number of likely N-dealkylation sites (N-methyl/N-ethyl adjacent to an activating group) is 1. The zero-order valence-electron chi connectivity index (χ0n) is 18.5. The first kappa shape index (κ1) is 22.3. The summed E-state index contributed by atoms with van der Waals surface area (Å²) in [6, 6.07) is 9.88. The lowest BCUT2D eigenvalue weighted by molar-refractivity contribution is 0.100. The Bertz CT molecular complexity index is 1130. The van der Waals surface area contributed by atoms with Gasteiger partial charge in [0.2, 0.25) is 0 Å². The zero-order valence-corrected chi connectivity index (χ0v) is 18.5. The molecule has 10 heteroatoms. The average molecular weight is 452 g/mol. The number of aromatic nitrogens is 2. The number of anilines is 5. The third-order valence-electron chi connectivity index (χ3n) is 5.50. The Hall–Kier alpha value is -3.92. The molecule has 1 aliphatic rings. The van der Waals surface area contributed by atoms with Crippen LogP contribution in [0.4, 0.5) is 33.1 Å². The van der Waals surface area contributed by atoms with Gasteiger partial charge in [-0.2, -0.15) is 0 Å². The van der Waals surface area contributed by atoms with Crippen LogP contribution in [0.2, 0.25) is 0 Å². The van der Waals surface area contributed by atoms with E-state index in [-0.39, 0.29) is 22.7 Å². The molecule has 3 aromatic rings. The lowest BCUT2D eigenvalue weighted by atomic mass is 10.2. The fourth-order valence-electron chi connectivity index (χ4n) is 3.60. The summed E-state index contributed by atoms with van der Waals surface area (Å²) in [5, 5.41) is 6.02. The molecular formula is C23H26FN7O2. The topological polar surface area (TPSA) is 109 Å². The van der Waals surface area contributed by atoms with Crippen molar-refractivity contribution in [3.63, 3.8) is 0 Å². The molecule has 0 saturated carbocycles. The van der Waals surface area contributed by atoms with Gasteiger partial charge in [-0.1, -0.05) is 6.07 Å². The Morgan fingerprint density at radius 1 is 1.06 bits per heavy atom. The molecule has 0 spiro atoms. The number of primary amides is 1. The second-order valence-corrected chi connectivity index (χ2v) is 7.74. The van der Waals surface area contributed by atoms with E-state index in [1.807, 2.05) is 18.3 Å². The van der Waals surface area contributed by atoms with Crippen LogP contribution in [0, 0.1) is 5.82 Å². The van der Waals surface area contributed by atoms with E-state index in [1.54, 1.807) is 12.1 Å². The Morgan fingerprint density at radius 3 is 2.48 bits per heavy atom. The molecule has 1 aliphatic heterocycles. The molecule has 1 saturated heterocycles. The number of piperazine rings is 1. The molecule has 1 amide bonds. The molecule has 3 heterocycles. The maximum atomic E-state index is 14.4. The molecule has 4 rings (SSSR count). The van der Waals surface area contributed by atoms with Crippen molar-refractivity contribution >= 4 is 34.6 Å². The molecule has 1 fully saturated rings. The summed E-state index contributed by atoms with van der Waals surface area (Å²) in [5.74, 6) is 0.0657. The molecule has 0 aliphatic carbocycles. The summed E-state index contributed by atoms with van der Waals surface area (Å²) in [5.41, 5.74) is 7.04. The maximum absolute atomic E-state index is 14.4. The number of halogens is 1. The number of para-hydroxylation sites is 1. The Kier molecular flexibility index (Phi) is 6.55. The highest BCUT2D eigenvalue weighted by molar-refractivity contribution is 5.99. The second-order valence-electron chi connectivity index (χ2n) is 7.74. The van der Waals surface area contributed by atoms with Gasteiger partial charge in [-0.05, 0) is 31.3 Å². The molecule has 1 aromatic carbocycles. The van der Waals surface area contributed by atoms with Gasteiger partial charge in [0.05, 0.1) is 30.2 Å². The Morgan fingerprint density at radius 2 is 1.82 bits per heavy atom. The molecule has 33 heavy (non-hydrogen) atoms. The van der Waals surface area contributed by atoms with Gasteiger partial charge in [-0.15, -0.1) is 0 Å². The van der Waals surface area contributed by atoms with Crippen molar-refractivity contribution in [1.82, 2.24) is 14.9 Å². The zero-order chi connectivity index (χ0) is 23.4. The number of hydrogen-bond acceptors (Lipinski definition) is 8. The van der Waals surface area contributed by atoms with Crippen molar-refractivity contribution in [1.29, 1.82) is 0 Å². The number of carbonyl (C=O) groups is 1. The Balaban J connectivity index is 1.55. The first-order chi connectivity index (χ1) is 15.9. The van der Waals surface area contributed by atoms with Crippen molar-refractivity contribution in [3.05, 3.63) is 60.2 Å². The number of amides is 1. The van der Waals surface area contributed by atoms with E-state index in [2.05, 4.69) is 37.4 Å². The van der Waals surface area contributed by atoms with Gasteiger partial charge in [0, 0.05) is 38.4 Å². The van der Waals surface area contributed by atoms with Gasteiger partial charge in [-0.3, -0.25) is 4.79 Å². The number of methoxy groups -OCH3 is 1. The minimum absolute atomic E-state index is 0.0919. The summed E-state index contributed by atoms with van der Waals surface area (Å²) in [6.07, 6.45) is 3.15. The number of hydrogen-bond donors (Lipinski definition) is 3. The highest BCUT2D eigenvalue weighted by Crippen LogP contribution is 2.32. The molecule has 0 radical (unpaired) electrons. The third kappa shape index (κ3) is 5.12. The lowest BCUT2D eigenvalue weighted by Crippen LogP contribution is -2.44. The van der Waals surface area contributed by atoms with Crippen molar-refractivity contribution in [2.75, 3.05) is 55.9 Å². The van der Waals surface area contributed by atoms with Crippen molar-refractivity contribution in [2.45, 2.75) is 0 Å². The highest BCUT2D eigenvalue weighted by atomic mass is 19.1. The number of rotatable bonds is 7. The summed E-state index contributed by atoms with van der Waals surface area (Å²) < 4.78 is 19.6. The van der Waals surface area contributed by atoms with E-state index in [4.69, 9.17) is 10.5 Å². The fourth-order valence-corrected chi connectivity index (χ4v) is 3.60. The van der Waals surface area contributed by atoms with E-state index in [9.17, 15) is 9.18 Å². The van der Waals surface area contributed by atoms with Crippen LogP contribution < -0.4 is 26.0 Å². The van der Waals surface area contributed by atoms with Crippen LogP contribution >= 0.6 is 0 Å². The predicted molar refractivity (Wildman–Crippen MR) is 126 cm³/mol. The standard InChI is InChI=1S/C23H26FN7O2/c1-30-8-10-31(11-9-30)15-6-7-20(26-13-15)29-21-12-18(16(14-27-21)23(25)32)28-22-17(24)4-3-5-19(22)33-2/h3-7,12-14H,8-11H2,1-2H3,(H2,25,32)(H2,26,27,28,29). The number of benzene rings is 1. The maximum Gasteiger partial charge on any atom is 0.252 e. The molecule has 4 N–H and O–H groups in total. The molecule has 0 bridgehead atoms. The third-order valence-corrected chi connectivity index (χ3v) is 5.50. The first-order valence-electron chi connectivity index (χ1n) is 10.5. The summed E-state index contributed by atoms with van der Waals surface area (Å²) in [6.45, 7) is 3.93. The van der Waals surface area contributed by atoms with E-state index < -0.39 is 11.7 Å². The van der Waals surface area contributed by atoms with Crippen molar-refractivity contribution in [3.8, 4) is 5.75 Å². The molecular weight excluding hydrogens is 425 g/mol. The molecule has 172 valence electrons. The normalized spacial score (nSPS) is 14.1. The van der Waals surface area contributed by atoms with Gasteiger partial charge < -0.3 is 30.9 Å². The number of nitrogens with one attached hydrogen (secondary N) is 2. The number of nitrogens with zero attached hydrogens (tertiary/aromatic N) is 4. The fraction of sp³-hybridized carbons (Fsp3) is 0.261. The average Bonchev–Trinajstić information content (AvgIpc) is 2.81. The van der Waals surface area contributed by atoms with Gasteiger partial charge in [0.25, 0.3) is 5.91 Å². The predicted octanol–water partition coefficient (Wildman–Crippen LogP) is 2.96. The van der Waals surface area contributed by atoms with E-state index >= 15 is 0 Å².